The summed E-state index contributed by atoms with van der Waals surface area (Å²) in [7, 11) is 1.68. The molecule has 24 heavy (non-hydrogen) atoms. The molecule has 0 amide bonds. The molecule has 0 aromatic heterocycles. The summed E-state index contributed by atoms with van der Waals surface area (Å²) >= 11 is 5.99. The minimum Gasteiger partial charge on any atom is -0.497 e. The number of halogens is 1. The molecule has 0 radical (unpaired) electrons. The van der Waals surface area contributed by atoms with Crippen molar-refractivity contribution in [1.29, 1.82) is 0 Å². The summed E-state index contributed by atoms with van der Waals surface area (Å²) in [4.78, 5) is 2.36. The first-order valence-corrected chi connectivity index (χ1v) is 8.50. The van der Waals surface area contributed by atoms with Gasteiger partial charge in [-0.2, -0.15) is 0 Å². The standard InChI is InChI=1S/C19H22ClNO3/c1-22-17-7-5-15(6-8-17)9-10-21-11-12-23-19(14-21)24-18-4-2-3-16(20)13-18/h2-8,13,19H,9-12,14H2,1H3. The van der Waals surface area contributed by atoms with Gasteiger partial charge in [0.1, 0.15) is 11.5 Å². The molecule has 0 bridgehead atoms. The minimum atomic E-state index is -0.256. The summed E-state index contributed by atoms with van der Waals surface area (Å²) < 4.78 is 16.8. The molecule has 1 saturated heterocycles. The van der Waals surface area contributed by atoms with E-state index in [1.54, 1.807) is 13.2 Å². The van der Waals surface area contributed by atoms with Crippen LogP contribution in [-0.2, 0) is 11.2 Å². The van der Waals surface area contributed by atoms with Gasteiger partial charge in [0.15, 0.2) is 0 Å². The van der Waals surface area contributed by atoms with Crippen molar-refractivity contribution in [1.82, 2.24) is 4.90 Å². The summed E-state index contributed by atoms with van der Waals surface area (Å²) in [5.74, 6) is 1.63. The fourth-order valence-corrected chi connectivity index (χ4v) is 2.89. The van der Waals surface area contributed by atoms with Crippen molar-refractivity contribution in [3.8, 4) is 11.5 Å². The van der Waals surface area contributed by atoms with E-state index < -0.39 is 0 Å². The number of benzene rings is 2. The van der Waals surface area contributed by atoms with E-state index in [2.05, 4.69) is 17.0 Å². The molecule has 4 nitrogen and oxygen atoms in total. The second-order valence-corrected chi connectivity index (χ2v) is 6.21. The Morgan fingerprint density at radius 2 is 2.00 bits per heavy atom. The molecular formula is C19H22ClNO3. The number of nitrogens with zero attached hydrogens (tertiary/aromatic N) is 1. The van der Waals surface area contributed by atoms with Gasteiger partial charge in [0, 0.05) is 18.1 Å². The Labute approximate surface area is 147 Å². The molecule has 1 fully saturated rings. The van der Waals surface area contributed by atoms with E-state index in [1.165, 1.54) is 5.56 Å². The molecule has 1 atom stereocenters. The SMILES string of the molecule is COc1ccc(CCN2CCOC(Oc3cccc(Cl)c3)C2)cc1. The van der Waals surface area contributed by atoms with Crippen LogP contribution in [0, 0.1) is 0 Å². The monoisotopic (exact) mass is 347 g/mol. The Morgan fingerprint density at radius 1 is 1.17 bits per heavy atom. The maximum Gasteiger partial charge on any atom is 0.212 e. The van der Waals surface area contributed by atoms with Gasteiger partial charge in [0.05, 0.1) is 20.3 Å². The maximum absolute atomic E-state index is 5.99. The van der Waals surface area contributed by atoms with Gasteiger partial charge in [-0.3, -0.25) is 4.90 Å². The molecule has 0 N–H and O–H groups in total. The highest BCUT2D eigenvalue weighted by atomic mass is 35.5. The van der Waals surface area contributed by atoms with Gasteiger partial charge in [-0.05, 0) is 42.3 Å². The lowest BCUT2D eigenvalue weighted by Crippen LogP contribution is -2.45. The molecule has 1 aliphatic rings. The molecule has 1 heterocycles. The fraction of sp³-hybridized carbons (Fsp3) is 0.368. The first-order chi connectivity index (χ1) is 11.7. The molecule has 3 rings (SSSR count). The van der Waals surface area contributed by atoms with Crippen molar-refractivity contribution in [3.63, 3.8) is 0 Å². The normalized spacial score (nSPS) is 18.3. The van der Waals surface area contributed by atoms with Crippen molar-refractivity contribution in [2.24, 2.45) is 0 Å². The third kappa shape index (κ3) is 4.87. The zero-order valence-electron chi connectivity index (χ0n) is 13.8. The lowest BCUT2D eigenvalue weighted by molar-refractivity contribution is -0.130. The van der Waals surface area contributed by atoms with Crippen molar-refractivity contribution >= 4 is 11.6 Å². The second-order valence-electron chi connectivity index (χ2n) is 5.77. The predicted octanol–water partition coefficient (Wildman–Crippen LogP) is 3.63. The topological polar surface area (TPSA) is 30.9 Å². The molecular weight excluding hydrogens is 326 g/mol. The number of rotatable bonds is 6. The molecule has 0 saturated carbocycles. The van der Waals surface area contributed by atoms with Crippen LogP contribution in [0.25, 0.3) is 0 Å². The first kappa shape index (κ1) is 17.1. The van der Waals surface area contributed by atoms with Crippen LogP contribution >= 0.6 is 11.6 Å². The highest BCUT2D eigenvalue weighted by molar-refractivity contribution is 6.30. The van der Waals surface area contributed by atoms with Crippen LogP contribution in [0.4, 0.5) is 0 Å². The van der Waals surface area contributed by atoms with Crippen LogP contribution in [0.15, 0.2) is 48.5 Å². The number of hydrogen-bond donors (Lipinski definition) is 0. The number of morpholine rings is 1. The van der Waals surface area contributed by atoms with E-state index in [-0.39, 0.29) is 6.29 Å². The van der Waals surface area contributed by atoms with Crippen LogP contribution in [0.2, 0.25) is 5.02 Å². The van der Waals surface area contributed by atoms with Crippen LogP contribution in [0.3, 0.4) is 0 Å². The average molecular weight is 348 g/mol. The van der Waals surface area contributed by atoms with Crippen LogP contribution in [0.1, 0.15) is 5.56 Å². The third-order valence-electron chi connectivity index (χ3n) is 4.06. The molecule has 0 spiro atoms. The highest BCUT2D eigenvalue weighted by Gasteiger charge is 2.21. The summed E-state index contributed by atoms with van der Waals surface area (Å²) in [6.07, 6.45) is 0.738. The van der Waals surface area contributed by atoms with Gasteiger partial charge in [-0.25, -0.2) is 0 Å². The fourth-order valence-electron chi connectivity index (χ4n) is 2.71. The quantitative estimate of drug-likeness (QED) is 0.798. The number of ether oxygens (including phenoxy) is 3. The van der Waals surface area contributed by atoms with Gasteiger partial charge in [0.2, 0.25) is 6.29 Å². The Hall–Kier alpha value is -1.75. The van der Waals surface area contributed by atoms with Crippen LogP contribution < -0.4 is 9.47 Å². The van der Waals surface area contributed by atoms with Gasteiger partial charge < -0.3 is 14.2 Å². The van der Waals surface area contributed by atoms with Gasteiger partial charge in [0.25, 0.3) is 0 Å². The third-order valence-corrected chi connectivity index (χ3v) is 4.29. The molecule has 5 heteroatoms. The average Bonchev–Trinajstić information content (AvgIpc) is 2.61. The lowest BCUT2D eigenvalue weighted by Gasteiger charge is -2.32. The van der Waals surface area contributed by atoms with Gasteiger partial charge in [-0.1, -0.05) is 29.8 Å². The van der Waals surface area contributed by atoms with E-state index in [9.17, 15) is 0 Å². The molecule has 2 aromatic carbocycles. The zero-order chi connectivity index (χ0) is 16.8. The Morgan fingerprint density at radius 3 is 2.75 bits per heavy atom. The number of methoxy groups -OCH3 is 1. The van der Waals surface area contributed by atoms with E-state index in [1.807, 2.05) is 30.3 Å². The van der Waals surface area contributed by atoms with E-state index in [4.69, 9.17) is 25.8 Å². The smallest absolute Gasteiger partial charge is 0.212 e. The van der Waals surface area contributed by atoms with E-state index >= 15 is 0 Å². The molecule has 1 aliphatic heterocycles. The van der Waals surface area contributed by atoms with Gasteiger partial charge in [-0.15, -0.1) is 0 Å². The number of hydrogen-bond acceptors (Lipinski definition) is 4. The summed E-state index contributed by atoms with van der Waals surface area (Å²) in [5.41, 5.74) is 1.30. The van der Waals surface area contributed by atoms with Crippen LogP contribution in [0.5, 0.6) is 11.5 Å². The van der Waals surface area contributed by atoms with E-state index in [0.29, 0.717) is 11.6 Å². The summed E-state index contributed by atoms with van der Waals surface area (Å²) in [5, 5.41) is 0.666. The summed E-state index contributed by atoms with van der Waals surface area (Å²) in [6.45, 7) is 3.33. The Balaban J connectivity index is 1.49. The first-order valence-electron chi connectivity index (χ1n) is 8.12. The highest BCUT2D eigenvalue weighted by Crippen LogP contribution is 2.20. The zero-order valence-corrected chi connectivity index (χ0v) is 14.5. The predicted molar refractivity (Wildman–Crippen MR) is 95.0 cm³/mol. The van der Waals surface area contributed by atoms with Crippen LogP contribution in [-0.4, -0.2) is 44.5 Å². The second kappa shape index (κ2) is 8.38. The Bertz CT molecular complexity index is 647. The molecule has 128 valence electrons. The maximum atomic E-state index is 5.99. The van der Waals surface area contributed by atoms with Crippen molar-refractivity contribution < 1.29 is 14.2 Å². The Kier molecular flexibility index (Phi) is 5.96. The molecule has 2 aromatic rings. The minimum absolute atomic E-state index is 0.256. The van der Waals surface area contributed by atoms with Gasteiger partial charge >= 0.3 is 0 Å². The lowest BCUT2D eigenvalue weighted by atomic mass is 10.1. The summed E-state index contributed by atoms with van der Waals surface area (Å²) in [6, 6.07) is 15.6. The molecule has 0 aliphatic carbocycles. The van der Waals surface area contributed by atoms with Crippen molar-refractivity contribution in [2.45, 2.75) is 12.7 Å². The van der Waals surface area contributed by atoms with E-state index in [0.717, 1.165) is 37.6 Å². The van der Waals surface area contributed by atoms with Crippen molar-refractivity contribution in [3.05, 3.63) is 59.1 Å². The molecule has 1 unspecified atom stereocenters. The largest absolute Gasteiger partial charge is 0.497 e. The van der Waals surface area contributed by atoms with Crippen molar-refractivity contribution in [2.75, 3.05) is 33.4 Å².